The van der Waals surface area contributed by atoms with Crippen LogP contribution in [0.4, 0.5) is 4.79 Å². The van der Waals surface area contributed by atoms with Crippen LogP contribution in [0.25, 0.3) is 11.3 Å². The minimum Gasteiger partial charge on any atom is -0.496 e. The van der Waals surface area contributed by atoms with Gasteiger partial charge in [-0.1, -0.05) is 12.1 Å². The molecule has 1 N–H and O–H groups in total. The van der Waals surface area contributed by atoms with Crippen LogP contribution in [0.1, 0.15) is 19.3 Å². The highest BCUT2D eigenvalue weighted by Crippen LogP contribution is 2.27. The maximum absolute atomic E-state index is 12.1. The number of nitrogens with one attached hydrogen (secondary N) is 1. The molecule has 0 atom stereocenters. The van der Waals surface area contributed by atoms with E-state index in [2.05, 4.69) is 10.4 Å². The standard InChI is InChI=1S/C18H24N4O2/c1-24-17-8-4-3-7-15(17)16-9-13-22(20-16)14-10-19-18(23)21-11-5-2-6-12-21/h3-4,7-9,13H,2,5-6,10-12,14H2,1H3,(H,19,23). The van der Waals surface area contributed by atoms with Crippen molar-refractivity contribution in [3.05, 3.63) is 36.5 Å². The van der Waals surface area contributed by atoms with Crippen LogP contribution in [0.2, 0.25) is 0 Å². The quantitative estimate of drug-likeness (QED) is 0.918. The number of amides is 2. The Bertz CT molecular complexity index is 677. The Balaban J connectivity index is 1.53. The van der Waals surface area contributed by atoms with Gasteiger partial charge in [-0.05, 0) is 37.5 Å². The summed E-state index contributed by atoms with van der Waals surface area (Å²) in [6.07, 6.45) is 5.36. The van der Waals surface area contributed by atoms with Crippen LogP contribution in [0, 0.1) is 0 Å². The molecule has 2 heterocycles. The molecule has 1 saturated heterocycles. The molecule has 6 nitrogen and oxygen atoms in total. The summed E-state index contributed by atoms with van der Waals surface area (Å²) >= 11 is 0. The second-order valence-electron chi connectivity index (χ2n) is 5.94. The largest absolute Gasteiger partial charge is 0.496 e. The third kappa shape index (κ3) is 3.88. The molecule has 24 heavy (non-hydrogen) atoms. The molecule has 1 aromatic carbocycles. The number of ether oxygens (including phenoxy) is 1. The number of carbonyl (C=O) groups excluding carboxylic acids is 1. The number of hydrogen-bond donors (Lipinski definition) is 1. The zero-order valence-corrected chi connectivity index (χ0v) is 14.1. The molecule has 0 spiro atoms. The smallest absolute Gasteiger partial charge is 0.317 e. The Morgan fingerprint density at radius 1 is 1.21 bits per heavy atom. The van der Waals surface area contributed by atoms with Crippen LogP contribution >= 0.6 is 0 Å². The van der Waals surface area contributed by atoms with Gasteiger partial charge in [0.25, 0.3) is 0 Å². The summed E-state index contributed by atoms with van der Waals surface area (Å²) < 4.78 is 7.22. The molecule has 1 aliphatic rings. The van der Waals surface area contributed by atoms with Gasteiger partial charge in [0.1, 0.15) is 5.75 Å². The van der Waals surface area contributed by atoms with E-state index in [0.717, 1.165) is 42.9 Å². The molecule has 6 heteroatoms. The van der Waals surface area contributed by atoms with Gasteiger partial charge >= 0.3 is 6.03 Å². The van der Waals surface area contributed by atoms with Crippen LogP contribution in [0.5, 0.6) is 5.75 Å². The first-order valence-corrected chi connectivity index (χ1v) is 8.47. The number of nitrogens with zero attached hydrogens (tertiary/aromatic N) is 3. The molecule has 1 aliphatic heterocycles. The number of piperidine rings is 1. The van der Waals surface area contributed by atoms with Crippen LogP contribution in [-0.2, 0) is 6.54 Å². The first-order chi connectivity index (χ1) is 11.8. The Morgan fingerprint density at radius 3 is 2.79 bits per heavy atom. The van der Waals surface area contributed by atoms with Gasteiger partial charge in [-0.15, -0.1) is 0 Å². The lowest BCUT2D eigenvalue weighted by atomic mass is 10.1. The van der Waals surface area contributed by atoms with Gasteiger partial charge in [0, 0.05) is 31.4 Å². The summed E-state index contributed by atoms with van der Waals surface area (Å²) in [4.78, 5) is 14.0. The summed E-state index contributed by atoms with van der Waals surface area (Å²) in [6, 6.07) is 9.82. The van der Waals surface area contributed by atoms with E-state index in [-0.39, 0.29) is 6.03 Å². The SMILES string of the molecule is COc1ccccc1-c1ccn(CCNC(=O)N2CCCCC2)n1. The van der Waals surface area contributed by atoms with Crippen molar-refractivity contribution in [2.75, 3.05) is 26.7 Å². The molecule has 1 fully saturated rings. The van der Waals surface area contributed by atoms with E-state index in [0.29, 0.717) is 13.1 Å². The van der Waals surface area contributed by atoms with E-state index in [4.69, 9.17) is 4.74 Å². The number of aromatic nitrogens is 2. The fourth-order valence-electron chi connectivity index (χ4n) is 2.97. The van der Waals surface area contributed by atoms with Gasteiger partial charge in [-0.2, -0.15) is 5.10 Å². The van der Waals surface area contributed by atoms with E-state index in [9.17, 15) is 4.79 Å². The predicted molar refractivity (Wildman–Crippen MR) is 93.0 cm³/mol. The van der Waals surface area contributed by atoms with Crippen molar-refractivity contribution in [1.29, 1.82) is 0 Å². The fraction of sp³-hybridized carbons (Fsp3) is 0.444. The first-order valence-electron chi connectivity index (χ1n) is 8.47. The molecule has 2 aromatic rings. The monoisotopic (exact) mass is 328 g/mol. The second kappa shape index (κ2) is 7.86. The fourth-order valence-corrected chi connectivity index (χ4v) is 2.97. The zero-order valence-electron chi connectivity index (χ0n) is 14.1. The predicted octanol–water partition coefficient (Wildman–Crippen LogP) is 2.75. The molecule has 128 valence electrons. The number of likely N-dealkylation sites (tertiary alicyclic amines) is 1. The van der Waals surface area contributed by atoms with Gasteiger partial charge in [-0.3, -0.25) is 4.68 Å². The number of para-hydroxylation sites is 1. The summed E-state index contributed by atoms with van der Waals surface area (Å²) in [5, 5.41) is 7.54. The van der Waals surface area contributed by atoms with Crippen molar-refractivity contribution >= 4 is 6.03 Å². The summed E-state index contributed by atoms with van der Waals surface area (Å²) in [7, 11) is 1.66. The highest BCUT2D eigenvalue weighted by molar-refractivity contribution is 5.74. The topological polar surface area (TPSA) is 59.4 Å². The van der Waals surface area contributed by atoms with Crippen LogP contribution < -0.4 is 10.1 Å². The lowest BCUT2D eigenvalue weighted by molar-refractivity contribution is 0.186. The maximum Gasteiger partial charge on any atom is 0.317 e. The van der Waals surface area contributed by atoms with E-state index >= 15 is 0 Å². The first kappa shape index (κ1) is 16.4. The Kier molecular flexibility index (Phi) is 5.36. The van der Waals surface area contributed by atoms with Crippen molar-refractivity contribution in [3.8, 4) is 17.0 Å². The molecular weight excluding hydrogens is 304 g/mol. The third-order valence-electron chi connectivity index (χ3n) is 4.28. The van der Waals surface area contributed by atoms with Crippen LogP contribution in [-0.4, -0.2) is 47.5 Å². The van der Waals surface area contributed by atoms with Gasteiger partial charge in [-0.25, -0.2) is 4.79 Å². The summed E-state index contributed by atoms with van der Waals surface area (Å²) in [6.45, 7) is 2.95. The summed E-state index contributed by atoms with van der Waals surface area (Å²) in [5.74, 6) is 0.807. The molecule has 2 amide bonds. The molecule has 0 saturated carbocycles. The van der Waals surface area contributed by atoms with Crippen molar-refractivity contribution in [2.24, 2.45) is 0 Å². The minimum absolute atomic E-state index is 0.0341. The molecule has 0 unspecified atom stereocenters. The highest BCUT2D eigenvalue weighted by Gasteiger charge is 2.15. The van der Waals surface area contributed by atoms with Crippen molar-refractivity contribution in [1.82, 2.24) is 20.0 Å². The Morgan fingerprint density at radius 2 is 2.00 bits per heavy atom. The molecule has 0 aliphatic carbocycles. The molecule has 3 rings (SSSR count). The zero-order chi connectivity index (χ0) is 16.8. The van der Waals surface area contributed by atoms with Gasteiger partial charge in [0.05, 0.1) is 19.3 Å². The van der Waals surface area contributed by atoms with E-state index in [1.807, 2.05) is 46.1 Å². The Hall–Kier alpha value is -2.50. The number of methoxy groups -OCH3 is 1. The normalized spacial score (nSPS) is 14.5. The number of carbonyl (C=O) groups is 1. The lowest BCUT2D eigenvalue weighted by Gasteiger charge is -2.26. The number of urea groups is 1. The van der Waals surface area contributed by atoms with Crippen molar-refractivity contribution in [2.45, 2.75) is 25.8 Å². The molecule has 1 aromatic heterocycles. The average Bonchev–Trinajstić information content (AvgIpc) is 3.11. The van der Waals surface area contributed by atoms with Gasteiger partial charge in [0.2, 0.25) is 0 Å². The summed E-state index contributed by atoms with van der Waals surface area (Å²) in [5.41, 5.74) is 1.84. The lowest BCUT2D eigenvalue weighted by Crippen LogP contribution is -2.43. The third-order valence-corrected chi connectivity index (χ3v) is 4.28. The van der Waals surface area contributed by atoms with Crippen molar-refractivity contribution in [3.63, 3.8) is 0 Å². The molecule has 0 radical (unpaired) electrons. The van der Waals surface area contributed by atoms with Crippen LogP contribution in [0.3, 0.4) is 0 Å². The highest BCUT2D eigenvalue weighted by atomic mass is 16.5. The van der Waals surface area contributed by atoms with E-state index in [1.54, 1.807) is 7.11 Å². The average molecular weight is 328 g/mol. The Labute approximate surface area is 142 Å². The van der Waals surface area contributed by atoms with E-state index in [1.165, 1.54) is 6.42 Å². The van der Waals surface area contributed by atoms with E-state index < -0.39 is 0 Å². The number of rotatable bonds is 5. The number of benzene rings is 1. The van der Waals surface area contributed by atoms with Crippen molar-refractivity contribution < 1.29 is 9.53 Å². The van der Waals surface area contributed by atoms with Gasteiger partial charge < -0.3 is 15.0 Å². The molecular formula is C18H24N4O2. The number of hydrogen-bond acceptors (Lipinski definition) is 3. The molecule has 0 bridgehead atoms. The maximum atomic E-state index is 12.1. The van der Waals surface area contributed by atoms with Gasteiger partial charge in [0.15, 0.2) is 0 Å². The van der Waals surface area contributed by atoms with Crippen LogP contribution in [0.15, 0.2) is 36.5 Å². The second-order valence-corrected chi connectivity index (χ2v) is 5.94. The minimum atomic E-state index is 0.0341.